The second kappa shape index (κ2) is 9.58. The maximum atomic E-state index is 12.0. The zero-order valence-electron chi connectivity index (χ0n) is 13.4. The fourth-order valence-corrected chi connectivity index (χ4v) is 3.63. The largest absolute Gasteiger partial charge is 0.469 e. The molecule has 4 nitrogen and oxygen atoms in total. The highest BCUT2D eigenvalue weighted by Crippen LogP contribution is 2.09. The maximum absolute atomic E-state index is 12.0. The Hall–Kier alpha value is -2.40. The third-order valence-corrected chi connectivity index (χ3v) is 5.70. The molecule has 0 saturated heterocycles. The third-order valence-electron chi connectivity index (χ3n) is 3.10. The van der Waals surface area contributed by atoms with Crippen molar-refractivity contribution in [3.8, 4) is 0 Å². The molecule has 1 atom stereocenters. The molecule has 122 valence electrons. The Labute approximate surface area is 138 Å². The highest BCUT2D eigenvalue weighted by molar-refractivity contribution is 6.83. The van der Waals surface area contributed by atoms with Crippen LogP contribution in [0.2, 0.25) is 6.55 Å². The molecule has 0 fully saturated rings. The van der Waals surface area contributed by atoms with Gasteiger partial charge >= 0.3 is 11.9 Å². The average Bonchev–Trinajstić information content (AvgIpc) is 2.57. The van der Waals surface area contributed by atoms with E-state index in [2.05, 4.69) is 13.2 Å². The monoisotopic (exact) mass is 330 g/mol. The molecule has 1 unspecified atom stereocenters. The summed E-state index contributed by atoms with van der Waals surface area (Å²) in [6.07, 6.45) is 5.25. The van der Waals surface area contributed by atoms with Crippen LogP contribution in [-0.4, -0.2) is 32.5 Å². The molecule has 5 heteroatoms. The summed E-state index contributed by atoms with van der Waals surface area (Å²) in [6.45, 7) is 8.97. The normalized spacial score (nSPS) is 13.1. The Bertz CT molecular complexity index is 580. The van der Waals surface area contributed by atoms with Crippen LogP contribution in [0.5, 0.6) is 0 Å². The van der Waals surface area contributed by atoms with Gasteiger partial charge in [-0.05, 0) is 5.56 Å². The van der Waals surface area contributed by atoms with E-state index in [1.54, 1.807) is 12.2 Å². The second-order valence-corrected chi connectivity index (χ2v) is 9.60. The molecule has 1 aromatic rings. The van der Waals surface area contributed by atoms with Crippen LogP contribution in [0.15, 0.2) is 67.4 Å². The van der Waals surface area contributed by atoms with Crippen molar-refractivity contribution in [2.45, 2.75) is 13.0 Å². The van der Waals surface area contributed by atoms with E-state index in [4.69, 9.17) is 9.47 Å². The van der Waals surface area contributed by atoms with Crippen LogP contribution in [0.1, 0.15) is 5.56 Å². The van der Waals surface area contributed by atoms with Crippen molar-refractivity contribution in [1.29, 1.82) is 0 Å². The molecule has 0 spiro atoms. The van der Waals surface area contributed by atoms with Crippen molar-refractivity contribution in [2.75, 3.05) is 12.5 Å². The average molecular weight is 330 g/mol. The van der Waals surface area contributed by atoms with Gasteiger partial charge in [-0.15, -0.1) is 0 Å². The van der Waals surface area contributed by atoms with Gasteiger partial charge in [0.2, 0.25) is 0 Å². The molecule has 0 radical (unpaired) electrons. The van der Waals surface area contributed by atoms with E-state index < -0.39 is 14.0 Å². The van der Waals surface area contributed by atoms with Crippen LogP contribution in [-0.2, 0) is 25.5 Å². The van der Waals surface area contributed by atoms with Gasteiger partial charge in [0, 0.05) is 6.08 Å². The minimum absolute atomic E-state index is 0.223. The van der Waals surface area contributed by atoms with Crippen molar-refractivity contribution >= 4 is 20.0 Å². The van der Waals surface area contributed by atoms with Gasteiger partial charge in [0.1, 0.15) is 0 Å². The van der Waals surface area contributed by atoms with Crippen LogP contribution in [0, 0.1) is 0 Å². The lowest BCUT2D eigenvalue weighted by atomic mass is 10.2. The zero-order chi connectivity index (χ0) is 17.1. The van der Waals surface area contributed by atoms with Gasteiger partial charge in [0.05, 0.1) is 18.9 Å². The van der Waals surface area contributed by atoms with Gasteiger partial charge in [-0.1, -0.05) is 67.9 Å². The smallest absolute Gasteiger partial charge is 0.329 e. The van der Waals surface area contributed by atoms with Crippen LogP contribution < -0.4 is 0 Å². The molecule has 1 aromatic carbocycles. The third kappa shape index (κ3) is 7.42. The van der Waals surface area contributed by atoms with Crippen molar-refractivity contribution < 1.29 is 19.1 Å². The van der Waals surface area contributed by atoms with E-state index in [1.165, 1.54) is 0 Å². The lowest BCUT2D eigenvalue weighted by molar-refractivity contribution is -0.141. The predicted molar refractivity (Wildman–Crippen MR) is 93.2 cm³/mol. The van der Waals surface area contributed by atoms with E-state index in [9.17, 15) is 9.59 Å². The molecule has 0 aromatic heterocycles. The van der Waals surface area contributed by atoms with E-state index in [0.717, 1.165) is 11.6 Å². The number of hydrogen-bond acceptors (Lipinski definition) is 4. The molecule has 23 heavy (non-hydrogen) atoms. The van der Waals surface area contributed by atoms with Gasteiger partial charge in [0.15, 0.2) is 8.07 Å². The van der Waals surface area contributed by atoms with Crippen LogP contribution >= 0.6 is 0 Å². The summed E-state index contributed by atoms with van der Waals surface area (Å²) in [5, 5.41) is 0. The van der Waals surface area contributed by atoms with Gasteiger partial charge in [-0.2, -0.15) is 0 Å². The Morgan fingerprint density at radius 2 is 1.78 bits per heavy atom. The number of allylic oxidation sites excluding steroid dienone is 2. The zero-order valence-corrected chi connectivity index (χ0v) is 14.4. The number of hydrogen-bond donors (Lipinski definition) is 0. The number of carbonyl (C=O) groups is 2. The van der Waals surface area contributed by atoms with Gasteiger partial charge < -0.3 is 9.47 Å². The first-order chi connectivity index (χ1) is 11.0. The molecule has 0 aliphatic heterocycles. The topological polar surface area (TPSA) is 52.6 Å². The first-order valence-electron chi connectivity index (χ1n) is 7.28. The maximum Gasteiger partial charge on any atom is 0.329 e. The number of carbonyl (C=O) groups excluding carboxylic acids is 2. The molecular weight excluding hydrogens is 308 g/mol. The van der Waals surface area contributed by atoms with E-state index in [1.807, 2.05) is 42.6 Å². The lowest BCUT2D eigenvalue weighted by Gasteiger charge is -2.22. The van der Waals surface area contributed by atoms with Crippen LogP contribution in [0.25, 0.3) is 0 Å². The summed E-state index contributed by atoms with van der Waals surface area (Å²) in [6, 6.07) is 9.40. The van der Waals surface area contributed by atoms with Crippen molar-refractivity contribution in [1.82, 2.24) is 0 Å². The van der Waals surface area contributed by atoms with Gasteiger partial charge in [-0.3, -0.25) is 4.79 Å². The SMILES string of the molecule is C=C/C=C/[Si](C)(COC(=O)C=C)COC(=O)Cc1ccccc1. The number of ether oxygens (including phenoxy) is 2. The molecule has 0 amide bonds. The summed E-state index contributed by atoms with van der Waals surface area (Å²) in [7, 11) is -2.22. The highest BCUT2D eigenvalue weighted by atomic mass is 28.3. The summed E-state index contributed by atoms with van der Waals surface area (Å²) in [5.74, 6) is -0.775. The summed E-state index contributed by atoms with van der Waals surface area (Å²) in [5.41, 5.74) is 2.84. The molecular formula is C18H22O4Si. The minimum Gasteiger partial charge on any atom is -0.469 e. The van der Waals surface area contributed by atoms with Crippen LogP contribution in [0.4, 0.5) is 0 Å². The number of rotatable bonds is 9. The van der Waals surface area contributed by atoms with Gasteiger partial charge in [0.25, 0.3) is 0 Å². The predicted octanol–water partition coefficient (Wildman–Crippen LogP) is 2.94. The van der Waals surface area contributed by atoms with Gasteiger partial charge in [-0.25, -0.2) is 4.79 Å². The quantitative estimate of drug-likeness (QED) is 0.302. The Kier molecular flexibility index (Phi) is 7.77. The molecule has 0 saturated carbocycles. The summed E-state index contributed by atoms with van der Waals surface area (Å²) in [4.78, 5) is 23.2. The molecule has 0 bridgehead atoms. The molecule has 0 aliphatic rings. The van der Waals surface area contributed by atoms with E-state index in [-0.39, 0.29) is 24.9 Å². The second-order valence-electron chi connectivity index (χ2n) is 5.38. The molecule has 0 N–H and O–H groups in total. The highest BCUT2D eigenvalue weighted by Gasteiger charge is 2.28. The Morgan fingerprint density at radius 1 is 1.13 bits per heavy atom. The van der Waals surface area contributed by atoms with Crippen molar-refractivity contribution in [3.05, 3.63) is 73.0 Å². The first kappa shape index (κ1) is 18.6. The van der Waals surface area contributed by atoms with Crippen molar-refractivity contribution in [3.63, 3.8) is 0 Å². The first-order valence-corrected chi connectivity index (χ1v) is 10.3. The summed E-state index contributed by atoms with van der Waals surface area (Å²) >= 11 is 0. The fraction of sp³-hybridized carbons (Fsp3) is 0.222. The van der Waals surface area contributed by atoms with E-state index >= 15 is 0 Å². The van der Waals surface area contributed by atoms with E-state index in [0.29, 0.717) is 0 Å². The molecule has 1 rings (SSSR count). The molecule has 0 aliphatic carbocycles. The fourth-order valence-electron chi connectivity index (χ4n) is 1.79. The Balaban J connectivity index is 2.60. The van der Waals surface area contributed by atoms with Crippen LogP contribution in [0.3, 0.4) is 0 Å². The molecule has 0 heterocycles. The number of benzene rings is 1. The lowest BCUT2D eigenvalue weighted by Crippen LogP contribution is -2.42. The Morgan fingerprint density at radius 3 is 2.39 bits per heavy atom. The number of esters is 2. The summed E-state index contributed by atoms with van der Waals surface area (Å²) < 4.78 is 10.5. The standard InChI is InChI=1S/C18H22O4Si/c1-4-6-12-23(3,14-21-17(19)5-2)15-22-18(20)13-16-10-8-7-9-11-16/h4-12H,1-2,13-15H2,3H3/b12-6+. The van der Waals surface area contributed by atoms with Crippen molar-refractivity contribution in [2.24, 2.45) is 0 Å². The minimum atomic E-state index is -2.22.